The van der Waals surface area contributed by atoms with Crippen LogP contribution in [0.3, 0.4) is 0 Å². The lowest BCUT2D eigenvalue weighted by Gasteiger charge is -2.14. The maximum Gasteiger partial charge on any atom is 0.513 e. The predicted octanol–water partition coefficient (Wildman–Crippen LogP) is 3.93. The van der Waals surface area contributed by atoms with E-state index in [1.165, 1.54) is 0 Å². The third kappa shape index (κ3) is 5.72. The molecule has 2 N–H and O–H groups in total. The summed E-state index contributed by atoms with van der Waals surface area (Å²) in [6.07, 6.45) is -0.762. The Morgan fingerprint density at radius 2 is 1.68 bits per heavy atom. The molecule has 7 heteroatoms. The van der Waals surface area contributed by atoms with Crippen LogP contribution in [0.5, 0.6) is 5.75 Å². The predicted molar refractivity (Wildman–Crippen MR) is 97.5 cm³/mol. The van der Waals surface area contributed by atoms with Crippen molar-refractivity contribution in [3.05, 3.63) is 48.5 Å². The van der Waals surface area contributed by atoms with Crippen molar-refractivity contribution < 1.29 is 19.1 Å². The summed E-state index contributed by atoms with van der Waals surface area (Å²) in [6, 6.07) is 13.5. The number of nitrogens with zero attached hydrogens (tertiary/aromatic N) is 1. The van der Waals surface area contributed by atoms with E-state index in [-0.39, 0.29) is 12.6 Å². The van der Waals surface area contributed by atoms with Crippen LogP contribution in [0.15, 0.2) is 48.5 Å². The van der Waals surface area contributed by atoms with Crippen LogP contribution < -0.4 is 20.3 Å². The molecule has 0 radical (unpaired) electrons. The zero-order chi connectivity index (χ0) is 18.2. The molecule has 0 saturated heterocycles. The molecule has 0 spiro atoms. The van der Waals surface area contributed by atoms with Crippen molar-refractivity contribution in [3.8, 4) is 5.75 Å². The number of carbonyl (C=O) groups excluding carboxylic acids is 2. The largest absolute Gasteiger partial charge is 0.513 e. The van der Waals surface area contributed by atoms with Crippen molar-refractivity contribution >= 4 is 29.2 Å². The van der Waals surface area contributed by atoms with E-state index in [9.17, 15) is 9.59 Å². The molecule has 2 aromatic rings. The molecule has 25 heavy (non-hydrogen) atoms. The van der Waals surface area contributed by atoms with Crippen LogP contribution in [0.25, 0.3) is 0 Å². The SMILES string of the molecule is CCOC(=O)Oc1ccc(NC(=O)Nc2cccc(N(C)C)c2)cc1. The number of amides is 2. The van der Waals surface area contributed by atoms with Gasteiger partial charge in [0.15, 0.2) is 0 Å². The Morgan fingerprint density at radius 3 is 2.32 bits per heavy atom. The quantitative estimate of drug-likeness (QED) is 0.635. The summed E-state index contributed by atoms with van der Waals surface area (Å²) in [4.78, 5) is 25.2. The third-order valence-electron chi connectivity index (χ3n) is 3.20. The van der Waals surface area contributed by atoms with E-state index in [1.54, 1.807) is 31.2 Å². The molecule has 2 aromatic carbocycles. The zero-order valence-electron chi connectivity index (χ0n) is 14.4. The Morgan fingerprint density at radius 1 is 1.00 bits per heavy atom. The lowest BCUT2D eigenvalue weighted by molar-refractivity contribution is 0.104. The van der Waals surface area contributed by atoms with Crippen LogP contribution in [-0.2, 0) is 4.74 Å². The molecule has 2 amide bonds. The average molecular weight is 343 g/mol. The Kier molecular flexibility index (Phi) is 6.22. The van der Waals surface area contributed by atoms with Gasteiger partial charge in [-0.2, -0.15) is 0 Å². The first kappa shape index (κ1) is 18.1. The highest BCUT2D eigenvalue weighted by Gasteiger charge is 2.07. The number of carbonyl (C=O) groups is 2. The van der Waals surface area contributed by atoms with E-state index >= 15 is 0 Å². The second-order valence-electron chi connectivity index (χ2n) is 5.33. The van der Waals surface area contributed by atoms with E-state index in [2.05, 4.69) is 15.4 Å². The van der Waals surface area contributed by atoms with Gasteiger partial charge in [0.1, 0.15) is 5.75 Å². The molecule has 0 saturated carbocycles. The van der Waals surface area contributed by atoms with Crippen molar-refractivity contribution in [2.75, 3.05) is 36.2 Å². The number of benzene rings is 2. The first-order chi connectivity index (χ1) is 12.0. The second-order valence-corrected chi connectivity index (χ2v) is 5.33. The lowest BCUT2D eigenvalue weighted by atomic mass is 10.2. The van der Waals surface area contributed by atoms with Crippen molar-refractivity contribution in [2.45, 2.75) is 6.92 Å². The van der Waals surface area contributed by atoms with Gasteiger partial charge in [0.2, 0.25) is 0 Å². The number of hydrogen-bond donors (Lipinski definition) is 2. The standard InChI is InChI=1S/C18H21N3O4/c1-4-24-18(23)25-16-10-8-13(9-11-16)19-17(22)20-14-6-5-7-15(12-14)21(2)3/h5-12H,4H2,1-3H3,(H2,19,20,22). The summed E-state index contributed by atoms with van der Waals surface area (Å²) >= 11 is 0. The van der Waals surface area contributed by atoms with Gasteiger partial charge in [-0.05, 0) is 49.4 Å². The smallest absolute Gasteiger partial charge is 0.434 e. The van der Waals surface area contributed by atoms with Crippen LogP contribution in [0.1, 0.15) is 6.92 Å². The molecule has 0 aliphatic carbocycles. The first-order valence-electron chi connectivity index (χ1n) is 7.78. The van der Waals surface area contributed by atoms with Crippen LogP contribution in [0.4, 0.5) is 26.7 Å². The number of hydrogen-bond acceptors (Lipinski definition) is 5. The van der Waals surface area contributed by atoms with Crippen LogP contribution >= 0.6 is 0 Å². The maximum atomic E-state index is 12.1. The number of urea groups is 1. The lowest BCUT2D eigenvalue weighted by Crippen LogP contribution is -2.19. The maximum absolute atomic E-state index is 12.1. The highest BCUT2D eigenvalue weighted by atomic mass is 16.7. The summed E-state index contributed by atoms with van der Waals surface area (Å²) in [5.41, 5.74) is 2.24. The fourth-order valence-corrected chi connectivity index (χ4v) is 2.01. The summed E-state index contributed by atoms with van der Waals surface area (Å²) in [6.45, 7) is 1.94. The molecule has 0 aliphatic rings. The van der Waals surface area contributed by atoms with Gasteiger partial charge in [-0.15, -0.1) is 0 Å². The molecule has 0 unspecified atom stereocenters. The second kappa shape index (κ2) is 8.58. The minimum atomic E-state index is -0.762. The van der Waals surface area contributed by atoms with Crippen LogP contribution in [0.2, 0.25) is 0 Å². The number of nitrogens with one attached hydrogen (secondary N) is 2. The fourth-order valence-electron chi connectivity index (χ4n) is 2.01. The highest BCUT2D eigenvalue weighted by molar-refractivity contribution is 6.00. The molecule has 0 bridgehead atoms. The molecule has 0 atom stereocenters. The van der Waals surface area contributed by atoms with E-state index in [1.807, 2.05) is 43.3 Å². The molecular weight excluding hydrogens is 322 g/mol. The van der Waals surface area contributed by atoms with E-state index in [4.69, 9.17) is 4.74 Å². The molecule has 132 valence electrons. The molecule has 7 nitrogen and oxygen atoms in total. The minimum absolute atomic E-state index is 0.244. The Hall–Kier alpha value is -3.22. The van der Waals surface area contributed by atoms with Crippen molar-refractivity contribution in [1.29, 1.82) is 0 Å². The fraction of sp³-hybridized carbons (Fsp3) is 0.222. The number of anilines is 3. The van der Waals surface area contributed by atoms with Crippen molar-refractivity contribution in [2.24, 2.45) is 0 Å². The summed E-state index contributed by atoms with van der Waals surface area (Å²) in [5, 5.41) is 5.48. The van der Waals surface area contributed by atoms with Gasteiger partial charge < -0.3 is 25.0 Å². The Bertz CT molecular complexity index is 729. The summed E-state index contributed by atoms with van der Waals surface area (Å²) in [7, 11) is 3.86. The van der Waals surface area contributed by atoms with Gasteiger partial charge in [-0.1, -0.05) is 6.07 Å². The van der Waals surface area contributed by atoms with Crippen molar-refractivity contribution in [1.82, 2.24) is 0 Å². The third-order valence-corrected chi connectivity index (χ3v) is 3.20. The Balaban J connectivity index is 1.92. The number of rotatable bonds is 5. The van der Waals surface area contributed by atoms with Crippen LogP contribution in [-0.4, -0.2) is 32.9 Å². The molecular formula is C18H21N3O4. The van der Waals surface area contributed by atoms with Gasteiger partial charge in [0.05, 0.1) is 6.61 Å². The van der Waals surface area contributed by atoms with Crippen LogP contribution in [0, 0.1) is 0 Å². The normalized spacial score (nSPS) is 9.88. The van der Waals surface area contributed by atoms with Crippen molar-refractivity contribution in [3.63, 3.8) is 0 Å². The van der Waals surface area contributed by atoms with Gasteiger partial charge in [-0.3, -0.25) is 0 Å². The van der Waals surface area contributed by atoms with Gasteiger partial charge in [0, 0.05) is 31.2 Å². The summed E-state index contributed by atoms with van der Waals surface area (Å²) in [5.74, 6) is 0.336. The highest BCUT2D eigenvalue weighted by Crippen LogP contribution is 2.19. The minimum Gasteiger partial charge on any atom is -0.434 e. The van der Waals surface area contributed by atoms with E-state index < -0.39 is 6.16 Å². The van der Waals surface area contributed by atoms with Gasteiger partial charge in [0.25, 0.3) is 0 Å². The first-order valence-corrected chi connectivity index (χ1v) is 7.78. The Labute approximate surface area is 146 Å². The zero-order valence-corrected chi connectivity index (χ0v) is 14.4. The van der Waals surface area contributed by atoms with Gasteiger partial charge >= 0.3 is 12.2 Å². The average Bonchev–Trinajstić information content (AvgIpc) is 2.57. The van der Waals surface area contributed by atoms with E-state index in [0.29, 0.717) is 17.1 Å². The van der Waals surface area contributed by atoms with E-state index in [0.717, 1.165) is 5.69 Å². The molecule has 0 fully saturated rings. The summed E-state index contributed by atoms with van der Waals surface area (Å²) < 4.78 is 9.64. The molecule has 0 aliphatic heterocycles. The monoisotopic (exact) mass is 343 g/mol. The topological polar surface area (TPSA) is 79.9 Å². The molecule has 2 rings (SSSR count). The number of ether oxygens (including phenoxy) is 2. The molecule has 0 heterocycles. The van der Waals surface area contributed by atoms with Gasteiger partial charge in [-0.25, -0.2) is 9.59 Å². The molecule has 0 aromatic heterocycles.